The van der Waals surface area contributed by atoms with Crippen LogP contribution in [0.2, 0.25) is 0 Å². The second kappa shape index (κ2) is 29.6. The Bertz CT molecular complexity index is 4980. The summed E-state index contributed by atoms with van der Waals surface area (Å²) in [6.45, 7) is 17.5. The molecule has 594 valence electrons. The standard InChI is InChI=1S/C23H28N2O5.C23H30N2O3.C21H26N2O3.C19H24N2O.C2H3ClO2/c1-4-14-9-13-11-23(21(26)27)19(14)25(12-13)8-7-16-17-10-15(30-22(28)29-3)5-6-18(17)24(2)20(16)23;1-5-15-10-14-12-23(22(26)28-4)20(15)25(13-14)9-8-17-18-11-16(27-3)6-7-19(18)24(2)21(17)23;1-3-13-8-12-10-21(20(25)26)18(13)23(11-12)7-6-15-16-9-14(24)4-5-17(16)22(2)19(15)21;1-2-12-7-11-8-16-18-14(5-6-21(10-11)19(12)16)15-9-13(22)3-4-17(15)20-18;1-5-2(3)4/h5-6,10,13-14,19H,4,7-9,11-12H2,1-3H3,(H,26,27);6-7,11,14-15,20H,5,8-10,12-13H2,1-4H3;4-5,9,12-13,18,24H,3,6-8,10-11H2,1-2H3,(H,25,26);3-4,9,11-12,16,19-20,22H,2,5-8,10H2,1H3;1H3/t13-,14?,19?,23-;14-,15?,20?,23-;12-,13?,18?,21-;11-,12?,16-,19?;/m0000./s1. The summed E-state index contributed by atoms with van der Waals surface area (Å²) >= 11 is 4.60. The van der Waals surface area contributed by atoms with Crippen molar-refractivity contribution in [3.05, 3.63) is 118 Å². The molecule has 0 amide bonds. The van der Waals surface area contributed by atoms with Gasteiger partial charge in [-0.1, -0.05) is 53.4 Å². The molecular weight excluding hydrogens is 1430 g/mol. The van der Waals surface area contributed by atoms with Gasteiger partial charge in [0.25, 0.3) is 0 Å². The maximum atomic E-state index is 13.5. The van der Waals surface area contributed by atoms with E-state index in [-0.39, 0.29) is 29.8 Å². The number of phenolic OH excluding ortho intramolecular Hbond substituents is 2. The molecule has 16 heterocycles. The number of carbonyl (C=O) groups excluding carboxylic acids is 3. The third-order valence-electron chi connectivity index (χ3n) is 29.5. The molecule has 4 aromatic heterocycles. The average molecular weight is 1540 g/mol. The number of aromatic amines is 1. The number of hydrogen-bond donors (Lipinski definition) is 5. The number of aromatic nitrogens is 4. The van der Waals surface area contributed by atoms with Crippen LogP contribution in [0.3, 0.4) is 0 Å². The van der Waals surface area contributed by atoms with Crippen LogP contribution >= 0.6 is 11.6 Å². The van der Waals surface area contributed by atoms with Crippen molar-refractivity contribution >= 4 is 84.7 Å². The zero-order valence-corrected chi connectivity index (χ0v) is 67.0. The lowest BCUT2D eigenvalue weighted by atomic mass is 9.56. The molecule has 4 aromatic carbocycles. The molecule has 16 aliphatic rings. The van der Waals surface area contributed by atoms with Gasteiger partial charge in [-0.3, -0.25) is 34.0 Å². The fraction of sp³-hybridized carbons (Fsp3) is 0.580. The van der Waals surface area contributed by atoms with Crippen molar-refractivity contribution in [2.45, 2.75) is 177 Å². The third kappa shape index (κ3) is 12.1. The van der Waals surface area contributed by atoms with Gasteiger partial charge >= 0.3 is 29.5 Å². The van der Waals surface area contributed by atoms with Gasteiger partial charge in [-0.05, 0) is 219 Å². The number of carboxylic acids is 2. The van der Waals surface area contributed by atoms with Gasteiger partial charge in [0.05, 0.1) is 28.4 Å². The van der Waals surface area contributed by atoms with E-state index >= 15 is 0 Å². The Morgan fingerprint density at radius 2 is 0.883 bits per heavy atom. The first-order chi connectivity index (χ1) is 53.4. The minimum absolute atomic E-state index is 0.0278. The van der Waals surface area contributed by atoms with Crippen molar-refractivity contribution in [2.75, 3.05) is 80.8 Å². The Hall–Kier alpha value is -8.28. The molecule has 8 aromatic rings. The number of ether oxygens (including phenoxy) is 5. The van der Waals surface area contributed by atoms with Gasteiger partial charge in [-0.25, -0.2) is 9.59 Å². The topological polar surface area (TPSA) is 256 Å². The highest BCUT2D eigenvalue weighted by Gasteiger charge is 2.66. The highest BCUT2D eigenvalue weighted by Crippen LogP contribution is 2.60. The maximum absolute atomic E-state index is 13.5. The first kappa shape index (κ1) is 76.7. The number of phenols is 2. The number of aromatic hydroxyl groups is 2. The zero-order chi connectivity index (χ0) is 78.2. The van der Waals surface area contributed by atoms with Crippen molar-refractivity contribution in [1.29, 1.82) is 0 Å². The van der Waals surface area contributed by atoms with Crippen molar-refractivity contribution in [1.82, 2.24) is 38.3 Å². The minimum atomic E-state index is -0.898. The third-order valence-corrected chi connectivity index (χ3v) is 29.6. The molecule has 5 N–H and O–H groups in total. The van der Waals surface area contributed by atoms with E-state index in [1.165, 1.54) is 97.3 Å². The Morgan fingerprint density at radius 3 is 1.35 bits per heavy atom. The van der Waals surface area contributed by atoms with Gasteiger partial charge in [-0.15, -0.1) is 0 Å². The van der Waals surface area contributed by atoms with Gasteiger partial charge in [0, 0.05) is 182 Å². The van der Waals surface area contributed by atoms with E-state index in [4.69, 9.17) is 14.2 Å². The SMILES string of the molecule is CCC1C[C@@H]2CN3CCc4c(n(C)c5ccc(O)cc45)[C@](C(=O)O)(C2)C13.CCC1C[C@@H]2CN3CCc4c(n(C)c5ccc(OC(=O)OC)cc45)[C@](C(=O)O)(C2)C13.CCC1C[C@@H]2CN3CCc4c(n(C)c5ccc(OC)cc45)[C@](C(=O)OC)(C2)C13.CCC1C[C@H]2C[C@H]3c4[nH]c5ccc(O)cc5c4CCN(C2)C13.COC(=O)Cl. The molecular formula is C88H111ClN8O14. The highest BCUT2D eigenvalue weighted by atomic mass is 35.5. The predicted molar refractivity (Wildman–Crippen MR) is 426 cm³/mol. The fourth-order valence-corrected chi connectivity index (χ4v) is 25.9. The predicted octanol–water partition coefficient (Wildman–Crippen LogP) is 14.1. The van der Waals surface area contributed by atoms with E-state index in [9.17, 15) is 44.4 Å². The van der Waals surface area contributed by atoms with Gasteiger partial charge in [-0.2, -0.15) is 0 Å². The molecule has 12 unspecified atom stereocenters. The summed E-state index contributed by atoms with van der Waals surface area (Å²) in [5, 5.41) is 45.6. The quantitative estimate of drug-likeness (QED) is 0.0389. The van der Waals surface area contributed by atoms with E-state index in [0.29, 0.717) is 59.3 Å². The lowest BCUT2D eigenvalue weighted by molar-refractivity contribution is -0.162. The zero-order valence-electron chi connectivity index (χ0n) is 66.3. The molecule has 111 heavy (non-hydrogen) atoms. The minimum Gasteiger partial charge on any atom is -0.508 e. The number of hydrogen-bond acceptors (Lipinski definition) is 16. The number of nitrogens with zero attached hydrogens (tertiary/aromatic N) is 7. The number of nitrogens with one attached hydrogen (secondary N) is 1. The van der Waals surface area contributed by atoms with Crippen LogP contribution in [0.5, 0.6) is 23.0 Å². The van der Waals surface area contributed by atoms with Gasteiger partial charge in [0.15, 0.2) is 0 Å². The number of aryl methyl sites for hydroxylation is 3. The molecule has 12 aliphatic heterocycles. The van der Waals surface area contributed by atoms with Crippen molar-refractivity contribution in [3.63, 3.8) is 0 Å². The largest absolute Gasteiger partial charge is 0.513 e. The molecule has 23 heteroatoms. The molecule has 16 bridgehead atoms. The lowest BCUT2D eigenvalue weighted by Crippen LogP contribution is -2.67. The molecule has 12 fully saturated rings. The van der Waals surface area contributed by atoms with Gasteiger partial charge in [0.1, 0.15) is 39.2 Å². The van der Waals surface area contributed by atoms with Crippen LogP contribution in [-0.4, -0.2) is 193 Å². The second-order valence-electron chi connectivity index (χ2n) is 34.5. The van der Waals surface area contributed by atoms with Crippen LogP contribution < -0.4 is 9.47 Å². The number of carboxylic acid groups (broad SMARTS) is 2. The van der Waals surface area contributed by atoms with E-state index < -0.39 is 39.8 Å². The molecule has 22 nitrogen and oxygen atoms in total. The number of H-pyrrole nitrogens is 1. The number of methoxy groups -OCH3 is 4. The van der Waals surface area contributed by atoms with Gasteiger partial charge in [0.2, 0.25) is 0 Å². The monoisotopic (exact) mass is 1540 g/mol. The number of piperidine rings is 8. The van der Waals surface area contributed by atoms with E-state index in [0.717, 1.165) is 178 Å². The summed E-state index contributed by atoms with van der Waals surface area (Å²) < 4.78 is 31.2. The second-order valence-corrected chi connectivity index (χ2v) is 34.8. The smallest absolute Gasteiger partial charge is 0.508 e. The number of esters is 1. The number of fused-ring (bicyclic) bond motifs is 16. The Kier molecular flexibility index (Phi) is 20.5. The summed E-state index contributed by atoms with van der Waals surface area (Å²) in [4.78, 5) is 74.4. The van der Waals surface area contributed by atoms with Crippen LogP contribution in [0.1, 0.15) is 156 Å². The molecule has 4 saturated carbocycles. The highest BCUT2D eigenvalue weighted by molar-refractivity contribution is 6.61. The van der Waals surface area contributed by atoms with Crippen LogP contribution in [-0.2, 0) is 91.7 Å². The number of carbonyl (C=O) groups is 5. The normalized spacial score (nSPS) is 32.8. The Balaban J connectivity index is 0.000000110. The van der Waals surface area contributed by atoms with Crippen LogP contribution in [0, 0.1) is 47.3 Å². The van der Waals surface area contributed by atoms with Crippen molar-refractivity contribution < 1.29 is 68.1 Å². The Labute approximate surface area is 654 Å². The summed E-state index contributed by atoms with van der Waals surface area (Å²) in [5.74, 6) is 5.71. The van der Waals surface area contributed by atoms with Crippen LogP contribution in [0.25, 0.3) is 43.6 Å². The average Bonchev–Trinajstić information content (AvgIpc) is 1.56. The number of halogens is 1. The first-order valence-electron chi connectivity index (χ1n) is 40.9. The van der Waals surface area contributed by atoms with Crippen molar-refractivity contribution in [3.8, 4) is 23.0 Å². The molecule has 8 saturated heterocycles. The van der Waals surface area contributed by atoms with E-state index in [2.05, 4.69) is 106 Å². The first-order valence-corrected chi connectivity index (χ1v) is 41.2. The van der Waals surface area contributed by atoms with Gasteiger partial charge < -0.3 is 62.8 Å². The van der Waals surface area contributed by atoms with E-state index in [1.807, 2.05) is 56.6 Å². The Morgan fingerprint density at radius 1 is 0.477 bits per heavy atom. The van der Waals surface area contributed by atoms with E-state index in [1.54, 1.807) is 32.4 Å². The lowest BCUT2D eigenvalue weighted by Gasteiger charge is -2.58. The molecule has 20 atom stereocenters. The summed E-state index contributed by atoms with van der Waals surface area (Å²) in [6, 6.07) is 24.1. The fourth-order valence-electron chi connectivity index (χ4n) is 25.9. The maximum Gasteiger partial charge on any atom is 0.513 e. The van der Waals surface area contributed by atoms with Crippen LogP contribution in [0.15, 0.2) is 72.8 Å². The molecule has 0 radical (unpaired) electrons. The summed E-state index contributed by atoms with van der Waals surface area (Å²) in [5.41, 5.74) is 10.9. The number of rotatable bonds is 9. The van der Waals surface area contributed by atoms with Crippen LogP contribution in [0.4, 0.5) is 9.59 Å². The molecule has 0 spiro atoms. The number of benzene rings is 4. The summed E-state index contributed by atoms with van der Waals surface area (Å²) in [6.07, 6.45) is 16.1. The molecule has 4 aliphatic carbocycles. The molecule has 24 rings (SSSR count). The number of aliphatic carboxylic acids is 2. The van der Waals surface area contributed by atoms with Crippen molar-refractivity contribution in [2.24, 2.45) is 68.5 Å². The summed E-state index contributed by atoms with van der Waals surface area (Å²) in [7, 11) is 11.9.